The average Bonchev–Trinajstić information content (AvgIpc) is 2.61. The monoisotopic (exact) mass is 379 g/mol. The second-order valence-corrected chi connectivity index (χ2v) is 5.61. The highest BCUT2D eigenvalue weighted by Gasteiger charge is 2.09. The Morgan fingerprint density at radius 2 is 1.92 bits per heavy atom. The Balaban J connectivity index is 2.00. The number of halogens is 1. The van der Waals surface area contributed by atoms with Gasteiger partial charge in [-0.1, -0.05) is 17.7 Å². The first-order valence-electron chi connectivity index (χ1n) is 7.23. The Hall–Kier alpha value is -2.51. The number of hydrazone groups is 1. The van der Waals surface area contributed by atoms with E-state index >= 15 is 0 Å². The van der Waals surface area contributed by atoms with Gasteiger partial charge in [0.15, 0.2) is 16.6 Å². The van der Waals surface area contributed by atoms with Gasteiger partial charge in [-0.2, -0.15) is 5.10 Å². The van der Waals surface area contributed by atoms with Crippen LogP contribution in [0.3, 0.4) is 0 Å². The van der Waals surface area contributed by atoms with Gasteiger partial charge in [0.1, 0.15) is 5.75 Å². The third-order valence-corrected chi connectivity index (χ3v) is 3.64. The van der Waals surface area contributed by atoms with Crippen LogP contribution in [0.15, 0.2) is 41.5 Å². The summed E-state index contributed by atoms with van der Waals surface area (Å²) < 4.78 is 15.6. The van der Waals surface area contributed by atoms with Crippen molar-refractivity contribution in [2.75, 3.05) is 26.6 Å². The van der Waals surface area contributed by atoms with Crippen molar-refractivity contribution in [3.05, 3.63) is 47.0 Å². The lowest BCUT2D eigenvalue weighted by Crippen LogP contribution is -2.23. The first-order chi connectivity index (χ1) is 12.1. The largest absolute Gasteiger partial charge is 0.497 e. The normalized spacial score (nSPS) is 10.4. The minimum absolute atomic E-state index is 0.344. The quantitative estimate of drug-likeness (QED) is 0.453. The molecule has 0 heterocycles. The van der Waals surface area contributed by atoms with Crippen LogP contribution < -0.4 is 25.0 Å². The van der Waals surface area contributed by atoms with Crippen LogP contribution in [0.25, 0.3) is 0 Å². The second-order valence-electron chi connectivity index (χ2n) is 4.79. The van der Waals surface area contributed by atoms with E-state index in [1.165, 1.54) is 7.11 Å². The highest BCUT2D eigenvalue weighted by molar-refractivity contribution is 7.80. The van der Waals surface area contributed by atoms with Gasteiger partial charge >= 0.3 is 0 Å². The maximum atomic E-state index is 6.15. The van der Waals surface area contributed by atoms with E-state index in [2.05, 4.69) is 15.8 Å². The third kappa shape index (κ3) is 5.23. The van der Waals surface area contributed by atoms with Crippen LogP contribution in [0, 0.1) is 0 Å². The van der Waals surface area contributed by atoms with Gasteiger partial charge in [-0.3, -0.25) is 5.43 Å². The summed E-state index contributed by atoms with van der Waals surface area (Å²) in [6.45, 7) is 0. The molecule has 25 heavy (non-hydrogen) atoms. The molecule has 0 aliphatic rings. The van der Waals surface area contributed by atoms with Crippen LogP contribution in [0.4, 0.5) is 5.69 Å². The van der Waals surface area contributed by atoms with Crippen LogP contribution >= 0.6 is 23.8 Å². The van der Waals surface area contributed by atoms with Crippen molar-refractivity contribution >= 4 is 40.8 Å². The molecule has 0 amide bonds. The van der Waals surface area contributed by atoms with Crippen LogP contribution in [0.1, 0.15) is 5.56 Å². The summed E-state index contributed by atoms with van der Waals surface area (Å²) in [4.78, 5) is 0. The topological polar surface area (TPSA) is 64.1 Å². The number of anilines is 1. The predicted octanol–water partition coefficient (Wildman–Crippen LogP) is 3.69. The molecule has 0 unspecified atom stereocenters. The minimum atomic E-state index is 0.344. The lowest BCUT2D eigenvalue weighted by Gasteiger charge is -2.10. The summed E-state index contributed by atoms with van der Waals surface area (Å²) in [5, 5.41) is 7.87. The van der Waals surface area contributed by atoms with Crippen molar-refractivity contribution in [2.24, 2.45) is 5.10 Å². The van der Waals surface area contributed by atoms with Crippen molar-refractivity contribution < 1.29 is 14.2 Å². The number of benzene rings is 2. The number of rotatable bonds is 6. The molecule has 2 N–H and O–H groups in total. The lowest BCUT2D eigenvalue weighted by atomic mass is 10.2. The molecule has 0 fully saturated rings. The molecule has 0 aromatic heterocycles. The number of hydrogen-bond acceptors (Lipinski definition) is 5. The van der Waals surface area contributed by atoms with Gasteiger partial charge in [0.25, 0.3) is 0 Å². The lowest BCUT2D eigenvalue weighted by molar-refractivity contribution is 0.355. The molecule has 0 aliphatic carbocycles. The second kappa shape index (κ2) is 9.10. The standard InChI is InChI=1S/C17H18ClN3O3S/c1-22-13-6-4-5-12(9-13)20-17(25)21-19-10-11-7-14(18)16(24-3)15(8-11)23-2/h4-10H,1-3H3,(H2,20,21,25)/b19-10-. The molecule has 0 atom stereocenters. The molecule has 8 heteroatoms. The number of ether oxygens (including phenoxy) is 3. The van der Waals surface area contributed by atoms with E-state index in [-0.39, 0.29) is 0 Å². The van der Waals surface area contributed by atoms with Gasteiger partial charge in [-0.05, 0) is 42.0 Å². The molecular weight excluding hydrogens is 362 g/mol. The molecule has 2 aromatic carbocycles. The SMILES string of the molecule is COc1cccc(NC(=S)N/N=C\c2cc(Cl)c(OC)c(OC)c2)c1. The van der Waals surface area contributed by atoms with Crippen molar-refractivity contribution in [3.8, 4) is 17.2 Å². The summed E-state index contributed by atoms with van der Waals surface area (Å²) in [5.41, 5.74) is 4.26. The summed E-state index contributed by atoms with van der Waals surface area (Å²) >= 11 is 11.4. The highest BCUT2D eigenvalue weighted by Crippen LogP contribution is 2.35. The van der Waals surface area contributed by atoms with Crippen LogP contribution in [0.5, 0.6) is 17.2 Å². The summed E-state index contributed by atoms with van der Waals surface area (Å²) in [6, 6.07) is 10.9. The number of thiocarbonyl (C=S) groups is 1. The van der Waals surface area contributed by atoms with E-state index in [0.717, 1.165) is 17.0 Å². The van der Waals surface area contributed by atoms with E-state index in [0.29, 0.717) is 21.6 Å². The molecule has 0 saturated heterocycles. The van der Waals surface area contributed by atoms with E-state index in [4.69, 9.17) is 38.0 Å². The van der Waals surface area contributed by atoms with Gasteiger partial charge in [0.2, 0.25) is 0 Å². The summed E-state index contributed by atoms with van der Waals surface area (Å²) in [7, 11) is 4.68. The van der Waals surface area contributed by atoms with Gasteiger partial charge in [0.05, 0.1) is 32.6 Å². The van der Waals surface area contributed by atoms with Crippen molar-refractivity contribution in [3.63, 3.8) is 0 Å². The Kier molecular flexibility index (Phi) is 6.85. The van der Waals surface area contributed by atoms with Crippen LogP contribution in [-0.4, -0.2) is 32.7 Å². The van der Waals surface area contributed by atoms with Gasteiger partial charge in [0, 0.05) is 11.8 Å². The van der Waals surface area contributed by atoms with Gasteiger partial charge < -0.3 is 19.5 Å². The molecule has 0 radical (unpaired) electrons. The molecule has 132 valence electrons. The zero-order valence-electron chi connectivity index (χ0n) is 14.0. The molecular formula is C17H18ClN3O3S. The molecule has 2 rings (SSSR count). The third-order valence-electron chi connectivity index (χ3n) is 3.16. The fraction of sp³-hybridized carbons (Fsp3) is 0.176. The Labute approximate surface area is 156 Å². The van der Waals surface area contributed by atoms with Crippen LogP contribution in [0.2, 0.25) is 5.02 Å². The van der Waals surface area contributed by atoms with E-state index in [1.54, 1.807) is 32.6 Å². The van der Waals surface area contributed by atoms with E-state index in [9.17, 15) is 0 Å². The maximum Gasteiger partial charge on any atom is 0.191 e. The Bertz CT molecular complexity index is 784. The maximum absolute atomic E-state index is 6.15. The highest BCUT2D eigenvalue weighted by atomic mass is 35.5. The minimum Gasteiger partial charge on any atom is -0.497 e. The first kappa shape index (κ1) is 18.8. The van der Waals surface area contributed by atoms with E-state index in [1.807, 2.05) is 24.3 Å². The average molecular weight is 380 g/mol. The Morgan fingerprint density at radius 1 is 1.12 bits per heavy atom. The molecule has 0 spiro atoms. The van der Waals surface area contributed by atoms with Crippen molar-refractivity contribution in [1.82, 2.24) is 5.43 Å². The van der Waals surface area contributed by atoms with E-state index < -0.39 is 0 Å². The van der Waals surface area contributed by atoms with Crippen LogP contribution in [-0.2, 0) is 0 Å². The zero-order valence-corrected chi connectivity index (χ0v) is 15.6. The van der Waals surface area contributed by atoms with Gasteiger partial charge in [-0.15, -0.1) is 0 Å². The summed E-state index contributed by atoms with van der Waals surface area (Å²) in [5.74, 6) is 1.73. The first-order valence-corrected chi connectivity index (χ1v) is 8.01. The van der Waals surface area contributed by atoms with Gasteiger partial charge in [-0.25, -0.2) is 0 Å². The fourth-order valence-corrected chi connectivity index (χ4v) is 2.50. The number of nitrogens with zero attached hydrogens (tertiary/aromatic N) is 1. The molecule has 0 saturated carbocycles. The molecule has 6 nitrogen and oxygen atoms in total. The van der Waals surface area contributed by atoms with Crippen molar-refractivity contribution in [2.45, 2.75) is 0 Å². The molecule has 2 aromatic rings. The zero-order chi connectivity index (χ0) is 18.2. The Morgan fingerprint density at radius 3 is 2.60 bits per heavy atom. The number of nitrogens with one attached hydrogen (secondary N) is 2. The smallest absolute Gasteiger partial charge is 0.191 e. The predicted molar refractivity (Wildman–Crippen MR) is 105 cm³/mol. The molecule has 0 bridgehead atoms. The fourth-order valence-electron chi connectivity index (χ4n) is 2.04. The van der Waals surface area contributed by atoms with Crippen molar-refractivity contribution in [1.29, 1.82) is 0 Å². The summed E-state index contributed by atoms with van der Waals surface area (Å²) in [6.07, 6.45) is 1.58. The number of methoxy groups -OCH3 is 3. The molecule has 0 aliphatic heterocycles. The number of hydrogen-bond donors (Lipinski definition) is 2.